The SMILES string of the molecule is Clc1ccc(-c2nsc3c(N4CCN(c5cccc(Cl)c5)CC4)ncnc23)cc1. The zero-order valence-corrected chi connectivity index (χ0v) is 17.8. The fourth-order valence-electron chi connectivity index (χ4n) is 3.62. The van der Waals surface area contributed by atoms with Gasteiger partial charge in [-0.15, -0.1) is 0 Å². The minimum Gasteiger partial charge on any atom is -0.368 e. The second kappa shape index (κ2) is 7.78. The molecule has 0 aliphatic carbocycles. The summed E-state index contributed by atoms with van der Waals surface area (Å²) >= 11 is 13.6. The van der Waals surface area contributed by atoms with Crippen molar-refractivity contribution in [2.45, 2.75) is 0 Å². The van der Waals surface area contributed by atoms with E-state index in [9.17, 15) is 0 Å². The Balaban J connectivity index is 1.41. The third kappa shape index (κ3) is 3.64. The number of hydrogen-bond acceptors (Lipinski definition) is 6. The Morgan fingerprint density at radius 3 is 2.34 bits per heavy atom. The lowest BCUT2D eigenvalue weighted by atomic mass is 10.1. The number of nitrogens with zero attached hydrogens (tertiary/aromatic N) is 5. The second-order valence-electron chi connectivity index (χ2n) is 6.87. The number of aromatic nitrogens is 3. The van der Waals surface area contributed by atoms with Crippen molar-refractivity contribution < 1.29 is 0 Å². The van der Waals surface area contributed by atoms with Crippen molar-refractivity contribution >= 4 is 56.5 Å². The molecule has 0 amide bonds. The fraction of sp³-hybridized carbons (Fsp3) is 0.190. The number of benzene rings is 2. The van der Waals surface area contributed by atoms with E-state index in [1.165, 1.54) is 11.5 Å². The molecule has 146 valence electrons. The number of piperazine rings is 1. The largest absolute Gasteiger partial charge is 0.368 e. The van der Waals surface area contributed by atoms with Crippen LogP contribution in [0.1, 0.15) is 0 Å². The fourth-order valence-corrected chi connectivity index (χ4v) is 4.81. The molecule has 0 saturated carbocycles. The molecule has 1 fully saturated rings. The summed E-state index contributed by atoms with van der Waals surface area (Å²) in [5.74, 6) is 0.957. The molecule has 3 heterocycles. The zero-order chi connectivity index (χ0) is 19.8. The van der Waals surface area contributed by atoms with Crippen molar-refractivity contribution in [1.82, 2.24) is 14.3 Å². The van der Waals surface area contributed by atoms with Gasteiger partial charge in [-0.1, -0.05) is 41.4 Å². The third-order valence-corrected chi connectivity index (χ3v) is 6.43. The maximum absolute atomic E-state index is 6.15. The van der Waals surface area contributed by atoms with Gasteiger partial charge in [0.1, 0.15) is 22.2 Å². The van der Waals surface area contributed by atoms with Gasteiger partial charge in [-0.2, -0.15) is 4.37 Å². The highest BCUT2D eigenvalue weighted by atomic mass is 35.5. The van der Waals surface area contributed by atoms with Crippen LogP contribution in [0.2, 0.25) is 10.0 Å². The first-order chi connectivity index (χ1) is 14.2. The van der Waals surface area contributed by atoms with E-state index in [1.807, 2.05) is 42.5 Å². The first kappa shape index (κ1) is 18.6. The molecule has 2 aromatic carbocycles. The first-order valence-corrected chi connectivity index (χ1v) is 10.8. The van der Waals surface area contributed by atoms with Crippen molar-refractivity contribution in [2.24, 2.45) is 0 Å². The molecule has 0 unspecified atom stereocenters. The molecule has 2 aromatic heterocycles. The van der Waals surface area contributed by atoms with Crippen LogP contribution in [0.4, 0.5) is 11.5 Å². The number of halogens is 2. The van der Waals surface area contributed by atoms with Crippen molar-refractivity contribution in [3.8, 4) is 11.3 Å². The average molecular weight is 442 g/mol. The van der Waals surface area contributed by atoms with E-state index in [2.05, 4.69) is 30.2 Å². The van der Waals surface area contributed by atoms with E-state index in [-0.39, 0.29) is 0 Å². The minimum atomic E-state index is 0.709. The highest BCUT2D eigenvalue weighted by Gasteiger charge is 2.22. The zero-order valence-electron chi connectivity index (χ0n) is 15.4. The van der Waals surface area contributed by atoms with E-state index in [0.717, 1.165) is 64.2 Å². The van der Waals surface area contributed by atoms with Crippen LogP contribution < -0.4 is 9.80 Å². The molecule has 1 aliphatic heterocycles. The van der Waals surface area contributed by atoms with Crippen molar-refractivity contribution in [1.29, 1.82) is 0 Å². The van der Waals surface area contributed by atoms with Crippen molar-refractivity contribution in [3.63, 3.8) is 0 Å². The van der Waals surface area contributed by atoms with E-state index in [4.69, 9.17) is 23.2 Å². The van der Waals surface area contributed by atoms with Gasteiger partial charge >= 0.3 is 0 Å². The molecule has 0 atom stereocenters. The minimum absolute atomic E-state index is 0.709. The maximum atomic E-state index is 6.15. The van der Waals surface area contributed by atoms with E-state index < -0.39 is 0 Å². The Morgan fingerprint density at radius 1 is 0.828 bits per heavy atom. The van der Waals surface area contributed by atoms with Gasteiger partial charge in [0.15, 0.2) is 5.82 Å². The van der Waals surface area contributed by atoms with E-state index in [1.54, 1.807) is 6.33 Å². The molecule has 0 bridgehead atoms. The summed E-state index contributed by atoms with van der Waals surface area (Å²) in [5, 5.41) is 1.48. The summed E-state index contributed by atoms with van der Waals surface area (Å²) in [7, 11) is 0. The molecule has 29 heavy (non-hydrogen) atoms. The second-order valence-corrected chi connectivity index (χ2v) is 8.51. The quantitative estimate of drug-likeness (QED) is 0.426. The van der Waals surface area contributed by atoms with Crippen LogP contribution in [0.15, 0.2) is 54.9 Å². The molecule has 0 N–H and O–H groups in total. The normalized spacial score (nSPS) is 14.6. The van der Waals surface area contributed by atoms with Gasteiger partial charge in [-0.05, 0) is 41.9 Å². The number of anilines is 2. The molecule has 4 aromatic rings. The van der Waals surface area contributed by atoms with Crippen LogP contribution in [0.25, 0.3) is 21.5 Å². The lowest BCUT2D eigenvalue weighted by Crippen LogP contribution is -2.46. The molecule has 5 rings (SSSR count). The molecule has 1 saturated heterocycles. The predicted octanol–water partition coefficient (Wildman–Crippen LogP) is 5.39. The summed E-state index contributed by atoms with van der Waals surface area (Å²) in [6.45, 7) is 3.59. The van der Waals surface area contributed by atoms with Gasteiger partial charge in [0.2, 0.25) is 0 Å². The molecular weight excluding hydrogens is 425 g/mol. The molecule has 1 aliphatic rings. The Kier molecular flexibility index (Phi) is 4.99. The van der Waals surface area contributed by atoms with Crippen molar-refractivity contribution in [2.75, 3.05) is 36.0 Å². The Morgan fingerprint density at radius 2 is 1.59 bits per heavy atom. The maximum Gasteiger partial charge on any atom is 0.151 e. The molecule has 0 radical (unpaired) electrons. The van der Waals surface area contributed by atoms with Crippen LogP contribution in [-0.2, 0) is 0 Å². The first-order valence-electron chi connectivity index (χ1n) is 9.31. The number of hydrogen-bond donors (Lipinski definition) is 0. The van der Waals surface area contributed by atoms with Gasteiger partial charge in [-0.25, -0.2) is 9.97 Å². The molecule has 0 spiro atoms. The molecular formula is C21H17Cl2N5S. The predicted molar refractivity (Wildman–Crippen MR) is 122 cm³/mol. The van der Waals surface area contributed by atoms with Gasteiger partial charge < -0.3 is 9.80 Å². The monoisotopic (exact) mass is 441 g/mol. The van der Waals surface area contributed by atoms with Crippen LogP contribution in [0.3, 0.4) is 0 Å². The lowest BCUT2D eigenvalue weighted by Gasteiger charge is -2.36. The Labute approximate surface area is 182 Å². The Hall–Kier alpha value is -2.41. The molecule has 5 nitrogen and oxygen atoms in total. The van der Waals surface area contributed by atoms with Crippen LogP contribution in [0, 0.1) is 0 Å². The number of fused-ring (bicyclic) bond motifs is 1. The van der Waals surface area contributed by atoms with Crippen LogP contribution in [0.5, 0.6) is 0 Å². The standard InChI is InChI=1S/C21H17Cl2N5S/c22-15-6-4-14(5-7-15)18-19-20(29-26-18)21(25-13-24-19)28-10-8-27(9-11-28)17-3-1-2-16(23)12-17/h1-7,12-13H,8-11H2. The van der Waals surface area contributed by atoms with Crippen LogP contribution >= 0.6 is 34.7 Å². The van der Waals surface area contributed by atoms with E-state index >= 15 is 0 Å². The summed E-state index contributed by atoms with van der Waals surface area (Å²) in [4.78, 5) is 13.8. The highest BCUT2D eigenvalue weighted by Crippen LogP contribution is 2.35. The summed E-state index contributed by atoms with van der Waals surface area (Å²) in [6, 6.07) is 15.7. The Bertz CT molecular complexity index is 1150. The average Bonchev–Trinajstić information content (AvgIpc) is 3.19. The lowest BCUT2D eigenvalue weighted by molar-refractivity contribution is 0.649. The topological polar surface area (TPSA) is 45.2 Å². The van der Waals surface area contributed by atoms with Gasteiger partial charge in [0.05, 0.1) is 0 Å². The summed E-state index contributed by atoms with van der Waals surface area (Å²) in [5.41, 5.74) is 3.94. The smallest absolute Gasteiger partial charge is 0.151 e. The van der Waals surface area contributed by atoms with E-state index in [0.29, 0.717) is 5.02 Å². The van der Waals surface area contributed by atoms with Crippen LogP contribution in [-0.4, -0.2) is 40.5 Å². The number of rotatable bonds is 3. The highest BCUT2D eigenvalue weighted by molar-refractivity contribution is 7.14. The van der Waals surface area contributed by atoms with Gasteiger partial charge in [0, 0.05) is 47.5 Å². The third-order valence-electron chi connectivity index (χ3n) is 5.11. The molecule has 8 heteroatoms. The summed E-state index contributed by atoms with van der Waals surface area (Å²) < 4.78 is 5.69. The van der Waals surface area contributed by atoms with Gasteiger partial charge in [-0.3, -0.25) is 0 Å². The summed E-state index contributed by atoms with van der Waals surface area (Å²) in [6.07, 6.45) is 1.63. The van der Waals surface area contributed by atoms with Crippen molar-refractivity contribution in [3.05, 3.63) is 64.9 Å². The van der Waals surface area contributed by atoms with Gasteiger partial charge in [0.25, 0.3) is 0 Å².